The first-order chi connectivity index (χ1) is 14.6. The fourth-order valence-electron chi connectivity index (χ4n) is 5.55. The van der Waals surface area contributed by atoms with E-state index >= 15 is 0 Å². The van der Waals surface area contributed by atoms with Crippen molar-refractivity contribution >= 4 is 17.6 Å². The number of anilines is 1. The third-order valence-electron chi connectivity index (χ3n) is 7.53. The van der Waals surface area contributed by atoms with Gasteiger partial charge >= 0.3 is 0 Å². The van der Waals surface area contributed by atoms with Gasteiger partial charge in [0.2, 0.25) is 11.8 Å². The number of hydrogen-bond acceptors (Lipinski definition) is 4. The van der Waals surface area contributed by atoms with Crippen molar-refractivity contribution in [2.45, 2.75) is 90.0 Å². The third-order valence-corrected chi connectivity index (χ3v) is 7.53. The van der Waals surface area contributed by atoms with Gasteiger partial charge in [-0.25, -0.2) is 9.97 Å². The van der Waals surface area contributed by atoms with Crippen LogP contribution in [0.5, 0.6) is 0 Å². The largest absolute Gasteiger partial charge is 0.332 e. The molecule has 0 unspecified atom stereocenters. The molecule has 4 aliphatic rings. The summed E-state index contributed by atoms with van der Waals surface area (Å²) >= 11 is 0. The number of carbonyl (C=O) groups is 2. The fraction of sp³-hybridized carbons (Fsp3) is 0.750. The summed E-state index contributed by atoms with van der Waals surface area (Å²) in [4.78, 5) is 40.0. The molecule has 30 heavy (non-hydrogen) atoms. The Morgan fingerprint density at radius 3 is 2.50 bits per heavy atom. The maximum absolute atomic E-state index is 13.4. The summed E-state index contributed by atoms with van der Waals surface area (Å²) in [6, 6.07) is -0.0445. The maximum Gasteiger partial charge on any atom is 0.228 e. The molecule has 6 nitrogen and oxygen atoms in total. The first kappa shape index (κ1) is 20.0. The van der Waals surface area contributed by atoms with E-state index in [1.54, 1.807) is 0 Å². The topological polar surface area (TPSA) is 66.4 Å². The Bertz CT molecular complexity index is 829. The molecule has 2 amide bonds. The highest BCUT2D eigenvalue weighted by molar-refractivity contribution is 5.95. The molecule has 1 saturated heterocycles. The van der Waals surface area contributed by atoms with Gasteiger partial charge in [-0.1, -0.05) is 19.3 Å². The molecule has 0 spiro atoms. The molecule has 0 N–H and O–H groups in total. The molecule has 0 aromatic carbocycles. The number of piperidine rings is 1. The molecule has 162 valence electrons. The number of likely N-dealkylation sites (tertiary alicyclic amines) is 1. The SMILES string of the molecule is Cc1nc([C@H]2CCCCN2C(=O)C2CCCCC2)nc2c1CCC(=O)N2CC1CC1. The van der Waals surface area contributed by atoms with Crippen LogP contribution in [0.4, 0.5) is 5.82 Å². The monoisotopic (exact) mass is 410 g/mol. The molecule has 0 radical (unpaired) electrons. The van der Waals surface area contributed by atoms with Crippen molar-refractivity contribution in [1.82, 2.24) is 14.9 Å². The molecule has 2 aliphatic carbocycles. The molecule has 0 bridgehead atoms. The van der Waals surface area contributed by atoms with Crippen molar-refractivity contribution < 1.29 is 9.59 Å². The average Bonchev–Trinajstić information content (AvgIpc) is 3.60. The van der Waals surface area contributed by atoms with E-state index in [2.05, 4.69) is 4.90 Å². The van der Waals surface area contributed by atoms with Gasteiger partial charge in [-0.05, 0) is 64.2 Å². The number of aromatic nitrogens is 2. The first-order valence-corrected chi connectivity index (χ1v) is 12.1. The van der Waals surface area contributed by atoms with Crippen molar-refractivity contribution in [3.05, 3.63) is 17.1 Å². The second kappa shape index (κ2) is 8.27. The van der Waals surface area contributed by atoms with Gasteiger partial charge in [0, 0.05) is 36.7 Å². The fourth-order valence-corrected chi connectivity index (χ4v) is 5.55. The number of aryl methyl sites for hydroxylation is 1. The van der Waals surface area contributed by atoms with Crippen LogP contribution in [-0.2, 0) is 16.0 Å². The van der Waals surface area contributed by atoms with Crippen LogP contribution in [0.15, 0.2) is 0 Å². The lowest BCUT2D eigenvalue weighted by molar-refractivity contribution is -0.140. The van der Waals surface area contributed by atoms with Crippen LogP contribution in [-0.4, -0.2) is 39.8 Å². The zero-order valence-corrected chi connectivity index (χ0v) is 18.2. The second-order valence-electron chi connectivity index (χ2n) is 9.80. The summed E-state index contributed by atoms with van der Waals surface area (Å²) in [5.74, 6) is 2.88. The number of carbonyl (C=O) groups excluding carboxylic acids is 2. The third kappa shape index (κ3) is 3.85. The van der Waals surface area contributed by atoms with Crippen molar-refractivity contribution in [3.63, 3.8) is 0 Å². The van der Waals surface area contributed by atoms with Crippen molar-refractivity contribution in [1.29, 1.82) is 0 Å². The van der Waals surface area contributed by atoms with Gasteiger partial charge in [-0.2, -0.15) is 0 Å². The minimum absolute atomic E-state index is 0.0445. The van der Waals surface area contributed by atoms with E-state index in [1.807, 2.05) is 11.8 Å². The second-order valence-corrected chi connectivity index (χ2v) is 9.80. The molecular formula is C24H34N4O2. The Balaban J connectivity index is 1.46. The van der Waals surface area contributed by atoms with Crippen LogP contribution in [0.3, 0.4) is 0 Å². The van der Waals surface area contributed by atoms with Crippen molar-refractivity contribution in [3.8, 4) is 0 Å². The van der Waals surface area contributed by atoms with Gasteiger partial charge in [0.15, 0.2) is 5.82 Å². The summed E-state index contributed by atoms with van der Waals surface area (Å²) in [5.41, 5.74) is 2.11. The quantitative estimate of drug-likeness (QED) is 0.749. The lowest BCUT2D eigenvalue weighted by Crippen LogP contribution is -2.44. The van der Waals surface area contributed by atoms with E-state index in [9.17, 15) is 9.59 Å². The van der Waals surface area contributed by atoms with Gasteiger partial charge in [-0.3, -0.25) is 14.5 Å². The molecule has 1 aromatic heterocycles. The molecule has 2 saturated carbocycles. The number of amides is 2. The predicted molar refractivity (Wildman–Crippen MR) is 115 cm³/mol. The molecule has 3 heterocycles. The van der Waals surface area contributed by atoms with Gasteiger partial charge in [0.05, 0.1) is 6.04 Å². The highest BCUT2D eigenvalue weighted by Gasteiger charge is 2.37. The molecule has 1 aromatic rings. The Morgan fingerprint density at radius 2 is 1.73 bits per heavy atom. The Morgan fingerprint density at radius 1 is 0.967 bits per heavy atom. The zero-order chi connectivity index (χ0) is 20.7. The molecule has 5 rings (SSSR count). The predicted octanol–water partition coefficient (Wildman–Crippen LogP) is 4.11. The number of hydrogen-bond donors (Lipinski definition) is 0. The normalized spacial score (nSPS) is 25.4. The molecule has 1 atom stereocenters. The number of nitrogens with zero attached hydrogens (tertiary/aromatic N) is 4. The number of fused-ring (bicyclic) bond motifs is 1. The van der Waals surface area contributed by atoms with E-state index in [1.165, 1.54) is 32.1 Å². The first-order valence-electron chi connectivity index (χ1n) is 12.1. The number of rotatable bonds is 4. The van der Waals surface area contributed by atoms with Crippen LogP contribution in [0.1, 0.15) is 93.8 Å². The molecule has 2 aliphatic heterocycles. The smallest absolute Gasteiger partial charge is 0.228 e. The van der Waals surface area contributed by atoms with Gasteiger partial charge < -0.3 is 4.90 Å². The lowest BCUT2D eigenvalue weighted by Gasteiger charge is -2.38. The summed E-state index contributed by atoms with van der Waals surface area (Å²) in [6.07, 6.45) is 12.4. The molecular weight excluding hydrogens is 376 g/mol. The van der Waals surface area contributed by atoms with E-state index in [4.69, 9.17) is 9.97 Å². The average molecular weight is 411 g/mol. The lowest BCUT2D eigenvalue weighted by atomic mass is 9.87. The minimum Gasteiger partial charge on any atom is -0.332 e. The molecule has 6 heteroatoms. The van der Waals surface area contributed by atoms with Crippen LogP contribution in [0.2, 0.25) is 0 Å². The summed E-state index contributed by atoms with van der Waals surface area (Å²) in [5, 5.41) is 0. The summed E-state index contributed by atoms with van der Waals surface area (Å²) in [7, 11) is 0. The van der Waals surface area contributed by atoms with Crippen LogP contribution >= 0.6 is 0 Å². The Hall–Kier alpha value is -1.98. The van der Waals surface area contributed by atoms with Gasteiger partial charge in [-0.15, -0.1) is 0 Å². The van der Waals surface area contributed by atoms with Gasteiger partial charge in [0.25, 0.3) is 0 Å². The van der Waals surface area contributed by atoms with Crippen LogP contribution < -0.4 is 4.90 Å². The van der Waals surface area contributed by atoms with Gasteiger partial charge in [0.1, 0.15) is 5.82 Å². The highest BCUT2D eigenvalue weighted by atomic mass is 16.2. The summed E-state index contributed by atoms with van der Waals surface area (Å²) < 4.78 is 0. The standard InChI is InChI=1S/C24H34N4O2/c1-16-19-12-13-21(29)28(15-17-10-11-17)23(19)26-22(25-16)20-9-5-6-14-27(20)24(30)18-7-3-2-4-8-18/h17-18,20H,2-15H2,1H3/t20-/m1/s1. The van der Waals surface area contributed by atoms with E-state index in [-0.39, 0.29) is 17.9 Å². The van der Waals surface area contributed by atoms with E-state index in [0.717, 1.165) is 74.5 Å². The Kier molecular flexibility index (Phi) is 5.50. The van der Waals surface area contributed by atoms with Crippen molar-refractivity contribution in [2.75, 3.05) is 18.0 Å². The Labute approximate surface area is 179 Å². The molecule has 3 fully saturated rings. The summed E-state index contributed by atoms with van der Waals surface area (Å²) in [6.45, 7) is 3.65. The zero-order valence-electron chi connectivity index (χ0n) is 18.2. The van der Waals surface area contributed by atoms with Crippen LogP contribution in [0, 0.1) is 18.8 Å². The van der Waals surface area contributed by atoms with E-state index < -0.39 is 0 Å². The van der Waals surface area contributed by atoms with Crippen LogP contribution in [0.25, 0.3) is 0 Å². The van der Waals surface area contributed by atoms with E-state index in [0.29, 0.717) is 18.2 Å². The minimum atomic E-state index is -0.0445. The van der Waals surface area contributed by atoms with Crippen molar-refractivity contribution in [2.24, 2.45) is 11.8 Å². The maximum atomic E-state index is 13.4. The highest BCUT2D eigenvalue weighted by Crippen LogP contribution is 2.38.